The number of unbranched alkanes of at least 4 members (excludes halogenated alkanes) is 2. The summed E-state index contributed by atoms with van der Waals surface area (Å²) in [5.41, 5.74) is 0. The fourth-order valence-electron chi connectivity index (χ4n) is 5.20. The van der Waals surface area contributed by atoms with Gasteiger partial charge in [0.1, 0.15) is 0 Å². The highest BCUT2D eigenvalue weighted by Crippen LogP contribution is 2.23. The first-order chi connectivity index (χ1) is 10.3. The first-order valence-electron chi connectivity index (χ1n) is 9.43. The standard InChI is InChI=1S/C17H34N4.HI/c1(2-10-20-12-4-18(5-13-20)6-14-20)3-11-21-15-7-19(8-16-21)9-17-21;/h1-17H2;1H/q+2;/p-1. The van der Waals surface area contributed by atoms with Crippen molar-refractivity contribution in [1.29, 1.82) is 0 Å². The van der Waals surface area contributed by atoms with Crippen LogP contribution in [0, 0.1) is 0 Å². The minimum absolute atomic E-state index is 0. The van der Waals surface area contributed by atoms with Gasteiger partial charge < -0.3 is 32.9 Å². The van der Waals surface area contributed by atoms with Gasteiger partial charge in [-0.2, -0.15) is 0 Å². The number of fused-ring (bicyclic) bond motifs is 6. The van der Waals surface area contributed by atoms with E-state index in [0.717, 1.165) is 0 Å². The van der Waals surface area contributed by atoms with Crippen molar-refractivity contribution in [2.45, 2.75) is 19.3 Å². The van der Waals surface area contributed by atoms with Crippen molar-refractivity contribution in [3.05, 3.63) is 0 Å². The summed E-state index contributed by atoms with van der Waals surface area (Å²) in [5.74, 6) is 0. The molecule has 6 heterocycles. The van der Waals surface area contributed by atoms with Crippen LogP contribution in [0.15, 0.2) is 0 Å². The molecule has 0 aliphatic carbocycles. The van der Waals surface area contributed by atoms with E-state index >= 15 is 0 Å². The molecule has 6 fully saturated rings. The van der Waals surface area contributed by atoms with Gasteiger partial charge >= 0.3 is 0 Å². The third-order valence-electron chi connectivity index (χ3n) is 7.11. The second kappa shape index (κ2) is 7.21. The van der Waals surface area contributed by atoms with Gasteiger partial charge in [0.25, 0.3) is 0 Å². The lowest BCUT2D eigenvalue weighted by Gasteiger charge is -2.51. The third kappa shape index (κ3) is 3.63. The molecule has 0 atom stereocenters. The minimum atomic E-state index is 0. The van der Waals surface area contributed by atoms with E-state index in [1.54, 1.807) is 0 Å². The second-order valence-electron chi connectivity index (χ2n) is 8.22. The van der Waals surface area contributed by atoms with E-state index in [2.05, 4.69) is 9.80 Å². The summed E-state index contributed by atoms with van der Waals surface area (Å²) in [7, 11) is 0. The van der Waals surface area contributed by atoms with Gasteiger partial charge in [0.2, 0.25) is 0 Å². The molecule has 4 bridgehead atoms. The molecule has 128 valence electrons. The highest BCUT2D eigenvalue weighted by Gasteiger charge is 2.39. The van der Waals surface area contributed by atoms with Crippen LogP contribution in [0.3, 0.4) is 0 Å². The first-order valence-corrected chi connectivity index (χ1v) is 9.43. The molecule has 6 rings (SSSR count). The SMILES string of the molecule is C(CC[N+]12CCN(CC1)CC2)CC[N+]12CCN(CC1)CC2.[I-]. The number of piperazine rings is 6. The summed E-state index contributed by atoms with van der Waals surface area (Å²) in [6.07, 6.45) is 4.44. The van der Waals surface area contributed by atoms with E-state index in [4.69, 9.17) is 0 Å². The van der Waals surface area contributed by atoms with Crippen molar-refractivity contribution < 1.29 is 32.9 Å². The summed E-state index contributed by atoms with van der Waals surface area (Å²) in [6, 6.07) is 0. The molecule has 6 aliphatic heterocycles. The Morgan fingerprint density at radius 3 is 1.14 bits per heavy atom. The monoisotopic (exact) mass is 421 g/mol. The van der Waals surface area contributed by atoms with Crippen LogP contribution >= 0.6 is 0 Å². The zero-order valence-electron chi connectivity index (χ0n) is 14.2. The van der Waals surface area contributed by atoms with Gasteiger partial charge in [-0.15, -0.1) is 0 Å². The molecule has 0 aromatic rings. The number of nitrogens with zero attached hydrogens (tertiary/aromatic N) is 4. The van der Waals surface area contributed by atoms with E-state index in [1.807, 2.05) is 0 Å². The van der Waals surface area contributed by atoms with Crippen molar-refractivity contribution in [2.24, 2.45) is 0 Å². The highest BCUT2D eigenvalue weighted by atomic mass is 127. The lowest BCUT2D eigenvalue weighted by Crippen LogP contribution is -3.00. The largest absolute Gasteiger partial charge is 1.00 e. The van der Waals surface area contributed by atoms with Crippen LogP contribution in [-0.2, 0) is 0 Å². The Hall–Kier alpha value is 0.570. The maximum absolute atomic E-state index is 2.66. The molecule has 0 amide bonds. The number of hydrogen-bond donors (Lipinski definition) is 0. The van der Waals surface area contributed by atoms with Crippen LogP contribution in [0.4, 0.5) is 0 Å². The summed E-state index contributed by atoms with van der Waals surface area (Å²) in [4.78, 5) is 5.32. The summed E-state index contributed by atoms with van der Waals surface area (Å²) >= 11 is 0. The maximum atomic E-state index is 2.66. The molecule has 0 unspecified atom stereocenters. The molecule has 0 N–H and O–H groups in total. The molecule has 6 aliphatic rings. The number of halogens is 1. The average molecular weight is 421 g/mol. The van der Waals surface area contributed by atoms with E-state index in [1.165, 1.54) is 120 Å². The van der Waals surface area contributed by atoms with Gasteiger partial charge in [-0.1, -0.05) is 0 Å². The van der Waals surface area contributed by atoms with Crippen LogP contribution in [0.25, 0.3) is 0 Å². The molecular weight excluding hydrogens is 387 g/mol. The summed E-state index contributed by atoms with van der Waals surface area (Å²) < 4.78 is 2.93. The minimum Gasteiger partial charge on any atom is -1.00 e. The van der Waals surface area contributed by atoms with Gasteiger partial charge in [0.15, 0.2) is 0 Å². The van der Waals surface area contributed by atoms with Crippen LogP contribution in [0.5, 0.6) is 0 Å². The van der Waals surface area contributed by atoms with E-state index in [9.17, 15) is 0 Å². The zero-order chi connectivity index (χ0) is 14.2. The second-order valence-corrected chi connectivity index (χ2v) is 8.22. The lowest BCUT2D eigenvalue weighted by molar-refractivity contribution is -0.942. The number of hydrogen-bond acceptors (Lipinski definition) is 2. The molecule has 4 nitrogen and oxygen atoms in total. The predicted octanol–water partition coefficient (Wildman–Crippen LogP) is -2.55. The number of rotatable bonds is 6. The Morgan fingerprint density at radius 1 is 0.500 bits per heavy atom. The molecule has 0 aromatic heterocycles. The molecule has 6 saturated heterocycles. The van der Waals surface area contributed by atoms with Gasteiger partial charge in [-0.3, -0.25) is 9.80 Å². The fourth-order valence-corrected chi connectivity index (χ4v) is 5.20. The molecule has 0 aromatic carbocycles. The summed E-state index contributed by atoms with van der Waals surface area (Å²) in [5, 5.41) is 0. The van der Waals surface area contributed by atoms with Gasteiger partial charge in [-0.25, -0.2) is 0 Å². The molecule has 0 saturated carbocycles. The van der Waals surface area contributed by atoms with Gasteiger partial charge in [0.05, 0.1) is 52.4 Å². The predicted molar refractivity (Wildman–Crippen MR) is 86.2 cm³/mol. The van der Waals surface area contributed by atoms with Crippen molar-refractivity contribution >= 4 is 0 Å². The van der Waals surface area contributed by atoms with E-state index in [-0.39, 0.29) is 24.0 Å². The van der Waals surface area contributed by atoms with Crippen molar-refractivity contribution in [3.63, 3.8) is 0 Å². The van der Waals surface area contributed by atoms with Crippen LogP contribution in [-0.4, -0.2) is 110 Å². The first kappa shape index (κ1) is 17.4. The van der Waals surface area contributed by atoms with Crippen LogP contribution in [0.2, 0.25) is 0 Å². The Bertz CT molecular complexity index is 298. The van der Waals surface area contributed by atoms with Crippen molar-refractivity contribution in [2.75, 3.05) is 91.6 Å². The average Bonchev–Trinajstić information content (AvgIpc) is 2.58. The molecule has 0 radical (unpaired) electrons. The fraction of sp³-hybridized carbons (Fsp3) is 1.00. The normalized spacial score (nSPS) is 43.1. The van der Waals surface area contributed by atoms with Crippen molar-refractivity contribution in [1.82, 2.24) is 9.80 Å². The highest BCUT2D eigenvalue weighted by molar-refractivity contribution is 4.72. The van der Waals surface area contributed by atoms with E-state index < -0.39 is 0 Å². The van der Waals surface area contributed by atoms with Crippen LogP contribution < -0.4 is 24.0 Å². The Balaban J connectivity index is 0.00000144. The Morgan fingerprint density at radius 2 is 0.818 bits per heavy atom. The maximum Gasteiger partial charge on any atom is 0.0916 e. The van der Waals surface area contributed by atoms with Crippen molar-refractivity contribution in [3.8, 4) is 0 Å². The summed E-state index contributed by atoms with van der Waals surface area (Å²) in [6.45, 7) is 19.8. The Labute approximate surface area is 153 Å². The van der Waals surface area contributed by atoms with E-state index in [0.29, 0.717) is 0 Å². The van der Waals surface area contributed by atoms with Crippen LogP contribution in [0.1, 0.15) is 19.3 Å². The Kier molecular flexibility index (Phi) is 5.70. The smallest absolute Gasteiger partial charge is 0.0916 e. The lowest BCUT2D eigenvalue weighted by atomic mass is 10.1. The van der Waals surface area contributed by atoms with Gasteiger partial charge in [-0.05, 0) is 19.3 Å². The molecular formula is C17H34IN4+. The number of quaternary nitrogens is 2. The third-order valence-corrected chi connectivity index (χ3v) is 7.11. The molecule has 0 spiro atoms. The quantitative estimate of drug-likeness (QED) is 0.265. The molecule has 5 heteroatoms. The zero-order valence-corrected chi connectivity index (χ0v) is 16.3. The molecule has 22 heavy (non-hydrogen) atoms. The topological polar surface area (TPSA) is 6.48 Å². The van der Waals surface area contributed by atoms with Gasteiger partial charge in [0, 0.05) is 39.3 Å².